The van der Waals surface area contributed by atoms with Crippen molar-refractivity contribution >= 4 is 22.8 Å². The standard InChI is InChI=1S/C31H33F3N4O4/c1-30(12-16-8-17-10-18(13-30)21(17)9-16)36-29(40)22-14-38(24-4-2-19(32)11-23(24)33)28-20(27(22)39)3-5-26(35-28)37-7-6-31(41,42)25(34)15-37/h2-5,11,14,16-18,21,25,41-42H,6-10,12-13,15H2,1H3,(H,36,40)/t16?,17?,18?,21?,25-,30?/m1/s1. The Balaban J connectivity index is 1.29. The summed E-state index contributed by atoms with van der Waals surface area (Å²) in [5.41, 5.74) is -1.37. The molecule has 1 amide bonds. The normalized spacial score (nSPS) is 31.5. The zero-order chi connectivity index (χ0) is 29.6. The van der Waals surface area contributed by atoms with Gasteiger partial charge in [-0.25, -0.2) is 18.2 Å². The number of piperidine rings is 1. The molecule has 6 atom stereocenters. The fourth-order valence-electron chi connectivity index (χ4n) is 8.12. The lowest BCUT2D eigenvalue weighted by atomic mass is 9.62. The van der Waals surface area contributed by atoms with Crippen molar-refractivity contribution in [1.82, 2.24) is 14.9 Å². The SMILES string of the molecule is CC1(NC(=O)c2cn(-c3ccc(F)cc3F)c3nc(N4CCC(O)(O)[C@H](F)C4)ccc3c2=O)CC2CC3CC(C1)C3C2. The summed E-state index contributed by atoms with van der Waals surface area (Å²) in [4.78, 5) is 33.5. The Hall–Kier alpha value is -3.44. The van der Waals surface area contributed by atoms with Crippen molar-refractivity contribution in [2.45, 2.75) is 62.9 Å². The minimum atomic E-state index is -2.46. The Labute approximate surface area is 240 Å². The molecule has 3 aromatic rings. The summed E-state index contributed by atoms with van der Waals surface area (Å²) >= 11 is 0. The topological polar surface area (TPSA) is 108 Å². The summed E-state index contributed by atoms with van der Waals surface area (Å²) in [5, 5.41) is 22.8. The second-order valence-corrected chi connectivity index (χ2v) is 13.1. The highest BCUT2D eigenvalue weighted by Gasteiger charge is 2.53. The molecule has 2 aromatic heterocycles. The van der Waals surface area contributed by atoms with Crippen LogP contribution in [0.1, 0.15) is 55.8 Å². The highest BCUT2D eigenvalue weighted by molar-refractivity contribution is 5.97. The van der Waals surface area contributed by atoms with Gasteiger partial charge in [-0.15, -0.1) is 0 Å². The summed E-state index contributed by atoms with van der Waals surface area (Å²) < 4.78 is 44.6. The molecule has 0 radical (unpaired) electrons. The number of hydrogen-bond donors (Lipinski definition) is 3. The summed E-state index contributed by atoms with van der Waals surface area (Å²) in [6, 6.07) is 5.91. The number of halogens is 3. The van der Waals surface area contributed by atoms with E-state index < -0.39 is 40.5 Å². The first-order valence-electron chi connectivity index (χ1n) is 14.6. The number of benzene rings is 1. The van der Waals surface area contributed by atoms with Gasteiger partial charge in [0.15, 0.2) is 17.6 Å². The molecule has 11 heteroatoms. The summed E-state index contributed by atoms with van der Waals surface area (Å²) in [5.74, 6) is -1.84. The van der Waals surface area contributed by atoms with Gasteiger partial charge < -0.3 is 20.4 Å². The van der Waals surface area contributed by atoms with Crippen LogP contribution in [0.3, 0.4) is 0 Å². The number of nitrogens with zero attached hydrogens (tertiary/aromatic N) is 3. The summed E-state index contributed by atoms with van der Waals surface area (Å²) in [6.07, 6.45) is 4.26. The molecule has 4 fully saturated rings. The Kier molecular flexibility index (Phi) is 6.22. The third kappa shape index (κ3) is 4.48. The smallest absolute Gasteiger partial charge is 0.257 e. The van der Waals surface area contributed by atoms with Crippen LogP contribution in [-0.2, 0) is 0 Å². The quantitative estimate of drug-likeness (QED) is 0.404. The average Bonchev–Trinajstić information content (AvgIpc) is 3.18. The number of hydrogen-bond acceptors (Lipinski definition) is 6. The minimum absolute atomic E-state index is 0.00158. The van der Waals surface area contributed by atoms with E-state index in [2.05, 4.69) is 10.3 Å². The number of alkyl halides is 1. The molecule has 3 heterocycles. The molecular weight excluding hydrogens is 549 g/mol. The molecule has 1 saturated heterocycles. The summed E-state index contributed by atoms with van der Waals surface area (Å²) in [7, 11) is 0. The van der Waals surface area contributed by atoms with Crippen molar-refractivity contribution in [1.29, 1.82) is 0 Å². The fraction of sp³-hybridized carbons (Fsp3) is 0.516. The first-order chi connectivity index (χ1) is 19.9. The van der Waals surface area contributed by atoms with Crippen molar-refractivity contribution in [2.75, 3.05) is 18.0 Å². The van der Waals surface area contributed by atoms with Crippen LogP contribution in [0, 0.1) is 35.3 Å². The Bertz CT molecular complexity index is 1660. The zero-order valence-electron chi connectivity index (χ0n) is 23.2. The maximum Gasteiger partial charge on any atom is 0.257 e. The van der Waals surface area contributed by atoms with Gasteiger partial charge in [-0.1, -0.05) is 0 Å². The van der Waals surface area contributed by atoms with E-state index in [4.69, 9.17) is 0 Å². The molecule has 3 aliphatic carbocycles. The van der Waals surface area contributed by atoms with Crippen molar-refractivity contribution in [3.63, 3.8) is 0 Å². The number of amides is 1. The second-order valence-electron chi connectivity index (χ2n) is 13.1. The van der Waals surface area contributed by atoms with Gasteiger partial charge in [-0.3, -0.25) is 14.2 Å². The number of anilines is 1. The molecule has 8 nitrogen and oxygen atoms in total. The van der Waals surface area contributed by atoms with Gasteiger partial charge in [0, 0.05) is 30.8 Å². The van der Waals surface area contributed by atoms with Gasteiger partial charge in [0.1, 0.15) is 23.0 Å². The molecule has 2 bridgehead atoms. The van der Waals surface area contributed by atoms with Gasteiger partial charge in [0.05, 0.1) is 17.6 Å². The van der Waals surface area contributed by atoms with Crippen LogP contribution in [0.5, 0.6) is 0 Å². The van der Waals surface area contributed by atoms with Crippen LogP contribution < -0.4 is 15.6 Å². The van der Waals surface area contributed by atoms with Crippen molar-refractivity contribution in [3.8, 4) is 5.69 Å². The monoisotopic (exact) mass is 582 g/mol. The zero-order valence-corrected chi connectivity index (χ0v) is 23.2. The maximum atomic E-state index is 15.1. The van der Waals surface area contributed by atoms with Crippen LogP contribution in [0.4, 0.5) is 19.0 Å². The van der Waals surface area contributed by atoms with Crippen LogP contribution in [0.15, 0.2) is 41.3 Å². The predicted molar refractivity (Wildman–Crippen MR) is 149 cm³/mol. The number of nitrogens with one attached hydrogen (secondary N) is 1. The molecule has 222 valence electrons. The number of aromatic nitrogens is 2. The van der Waals surface area contributed by atoms with Crippen molar-refractivity contribution < 1.29 is 28.2 Å². The third-order valence-electron chi connectivity index (χ3n) is 10.1. The van der Waals surface area contributed by atoms with E-state index in [1.807, 2.05) is 6.92 Å². The van der Waals surface area contributed by atoms with Gasteiger partial charge in [0.2, 0.25) is 5.43 Å². The third-order valence-corrected chi connectivity index (χ3v) is 10.1. The second kappa shape index (κ2) is 9.54. The predicted octanol–water partition coefficient (Wildman–Crippen LogP) is 3.84. The molecule has 7 rings (SSSR count). The Morgan fingerprint density at radius 3 is 2.67 bits per heavy atom. The first kappa shape index (κ1) is 27.4. The number of rotatable bonds is 4. The van der Waals surface area contributed by atoms with Crippen molar-refractivity contribution in [3.05, 3.63) is 63.9 Å². The fourth-order valence-corrected chi connectivity index (χ4v) is 8.12. The summed E-state index contributed by atoms with van der Waals surface area (Å²) in [6.45, 7) is 1.75. The Morgan fingerprint density at radius 1 is 1.10 bits per heavy atom. The van der Waals surface area contributed by atoms with Crippen LogP contribution in [0.25, 0.3) is 16.7 Å². The van der Waals surface area contributed by atoms with Crippen LogP contribution in [0.2, 0.25) is 0 Å². The molecule has 5 unspecified atom stereocenters. The van der Waals surface area contributed by atoms with Crippen LogP contribution in [-0.4, -0.2) is 56.3 Å². The molecule has 3 saturated carbocycles. The molecule has 3 N–H and O–H groups in total. The molecule has 0 spiro atoms. The number of fused-ring (bicyclic) bond motifs is 2. The number of aliphatic hydroxyl groups is 2. The average molecular weight is 583 g/mol. The van der Waals surface area contributed by atoms with Gasteiger partial charge in [-0.2, -0.15) is 0 Å². The lowest BCUT2D eigenvalue weighted by molar-refractivity contribution is -0.211. The molecule has 4 aliphatic rings. The maximum absolute atomic E-state index is 15.1. The van der Waals surface area contributed by atoms with Gasteiger partial charge in [-0.05, 0) is 87.0 Å². The van der Waals surface area contributed by atoms with Gasteiger partial charge in [0.25, 0.3) is 5.91 Å². The highest BCUT2D eigenvalue weighted by atomic mass is 19.1. The molecule has 42 heavy (non-hydrogen) atoms. The number of carbonyl (C=O) groups excluding carboxylic acids is 1. The molecule has 1 aromatic carbocycles. The molecular formula is C31H33F3N4O4. The lowest BCUT2D eigenvalue weighted by Crippen LogP contribution is -2.53. The van der Waals surface area contributed by atoms with E-state index in [1.165, 1.54) is 53.1 Å². The van der Waals surface area contributed by atoms with Crippen LogP contribution >= 0.6 is 0 Å². The van der Waals surface area contributed by atoms with Crippen molar-refractivity contribution in [2.24, 2.45) is 23.7 Å². The lowest BCUT2D eigenvalue weighted by Gasteiger charge is -2.46. The Morgan fingerprint density at radius 2 is 1.90 bits per heavy atom. The van der Waals surface area contributed by atoms with E-state index in [-0.39, 0.29) is 47.6 Å². The van der Waals surface area contributed by atoms with E-state index in [0.29, 0.717) is 17.9 Å². The number of carbonyl (C=O) groups is 1. The van der Waals surface area contributed by atoms with E-state index >= 15 is 4.39 Å². The highest BCUT2D eigenvalue weighted by Crippen LogP contribution is 2.60. The first-order valence-corrected chi connectivity index (χ1v) is 14.6. The minimum Gasteiger partial charge on any atom is -0.363 e. The number of pyridine rings is 2. The van der Waals surface area contributed by atoms with Gasteiger partial charge >= 0.3 is 0 Å². The van der Waals surface area contributed by atoms with E-state index in [0.717, 1.165) is 30.7 Å². The van der Waals surface area contributed by atoms with E-state index in [1.54, 1.807) is 0 Å². The largest absolute Gasteiger partial charge is 0.363 e. The molecule has 1 aliphatic heterocycles. The van der Waals surface area contributed by atoms with E-state index in [9.17, 15) is 28.6 Å².